The highest BCUT2D eigenvalue weighted by molar-refractivity contribution is 5.65. The molecule has 2 aromatic rings. The van der Waals surface area contributed by atoms with Crippen molar-refractivity contribution in [2.75, 3.05) is 36.0 Å². The SMILES string of the molecule is N#Cc1cc([N+](=O)[O-])ccc1N1CCCN(c2ccc([N+](=O)[O-])cc2C#N)CC1. The van der Waals surface area contributed by atoms with Crippen molar-refractivity contribution in [2.45, 2.75) is 6.42 Å². The van der Waals surface area contributed by atoms with Gasteiger partial charge in [-0.25, -0.2) is 0 Å². The molecule has 0 aromatic heterocycles. The molecule has 1 heterocycles. The minimum absolute atomic E-state index is 0.133. The average molecular weight is 392 g/mol. The van der Waals surface area contributed by atoms with Crippen LogP contribution >= 0.6 is 0 Å². The highest BCUT2D eigenvalue weighted by Crippen LogP contribution is 2.29. The fraction of sp³-hybridized carbons (Fsp3) is 0.263. The number of benzene rings is 2. The van der Waals surface area contributed by atoms with Crippen molar-refractivity contribution in [3.8, 4) is 12.1 Å². The Bertz CT molecular complexity index is 972. The van der Waals surface area contributed by atoms with Gasteiger partial charge in [0.2, 0.25) is 0 Å². The number of non-ortho nitro benzene ring substituents is 2. The standard InChI is InChI=1S/C19H16N6O4/c20-12-14-10-16(24(26)27)2-4-18(14)22-6-1-7-23(9-8-22)19-5-3-17(25(28)29)11-15(19)13-21/h2-5,10-11H,1,6-9H2. The Labute approximate surface area is 166 Å². The zero-order valence-corrected chi connectivity index (χ0v) is 15.3. The summed E-state index contributed by atoms with van der Waals surface area (Å²) in [5.41, 5.74) is 1.47. The van der Waals surface area contributed by atoms with Crippen LogP contribution in [0, 0.1) is 42.9 Å². The monoisotopic (exact) mass is 392 g/mol. The summed E-state index contributed by atoms with van der Waals surface area (Å²) in [5, 5.41) is 40.7. The van der Waals surface area contributed by atoms with E-state index in [1.54, 1.807) is 12.1 Å². The molecule has 1 fully saturated rings. The molecule has 10 nitrogen and oxygen atoms in total. The normalized spacial score (nSPS) is 13.9. The lowest BCUT2D eigenvalue weighted by atomic mass is 10.1. The van der Waals surface area contributed by atoms with Gasteiger partial charge < -0.3 is 9.80 Å². The first-order chi connectivity index (χ1) is 13.9. The van der Waals surface area contributed by atoms with Crippen molar-refractivity contribution in [3.05, 3.63) is 67.8 Å². The molecule has 0 bridgehead atoms. The van der Waals surface area contributed by atoms with Crippen molar-refractivity contribution < 1.29 is 9.85 Å². The number of hydrogen-bond donors (Lipinski definition) is 0. The molecule has 1 saturated heterocycles. The number of nitro benzene ring substituents is 2. The van der Waals surface area contributed by atoms with E-state index >= 15 is 0 Å². The predicted molar refractivity (Wildman–Crippen MR) is 105 cm³/mol. The van der Waals surface area contributed by atoms with Gasteiger partial charge in [0.15, 0.2) is 0 Å². The topological polar surface area (TPSA) is 140 Å². The van der Waals surface area contributed by atoms with E-state index in [2.05, 4.69) is 0 Å². The number of rotatable bonds is 4. The first-order valence-electron chi connectivity index (χ1n) is 8.81. The van der Waals surface area contributed by atoms with Gasteiger partial charge in [-0.15, -0.1) is 0 Å². The van der Waals surface area contributed by atoms with Crippen molar-refractivity contribution >= 4 is 22.7 Å². The molecule has 146 valence electrons. The average Bonchev–Trinajstić information content (AvgIpc) is 2.98. The lowest BCUT2D eigenvalue weighted by molar-refractivity contribution is -0.385. The molecule has 2 aromatic carbocycles. The Morgan fingerprint density at radius 3 is 1.52 bits per heavy atom. The van der Waals surface area contributed by atoms with Crippen LogP contribution in [0.5, 0.6) is 0 Å². The van der Waals surface area contributed by atoms with Crippen LogP contribution in [-0.4, -0.2) is 36.0 Å². The summed E-state index contributed by atoms with van der Waals surface area (Å²) >= 11 is 0. The molecule has 0 N–H and O–H groups in total. The molecule has 0 radical (unpaired) electrons. The van der Waals surface area contributed by atoms with Gasteiger partial charge in [-0.1, -0.05) is 0 Å². The molecule has 29 heavy (non-hydrogen) atoms. The first-order valence-corrected chi connectivity index (χ1v) is 8.81. The van der Waals surface area contributed by atoms with Gasteiger partial charge in [0.25, 0.3) is 11.4 Å². The van der Waals surface area contributed by atoms with E-state index in [0.29, 0.717) is 37.6 Å². The molecular weight excluding hydrogens is 376 g/mol. The lowest BCUT2D eigenvalue weighted by Crippen LogP contribution is -2.31. The molecule has 0 spiro atoms. The molecule has 0 aliphatic carbocycles. The maximum atomic E-state index is 10.9. The quantitative estimate of drug-likeness (QED) is 0.571. The molecule has 1 aliphatic heterocycles. The van der Waals surface area contributed by atoms with Crippen LogP contribution in [0.15, 0.2) is 36.4 Å². The minimum Gasteiger partial charge on any atom is -0.369 e. The third-order valence-corrected chi connectivity index (χ3v) is 4.80. The van der Waals surface area contributed by atoms with Crippen LogP contribution in [0.3, 0.4) is 0 Å². The van der Waals surface area contributed by atoms with E-state index in [1.807, 2.05) is 21.9 Å². The Balaban J connectivity index is 1.83. The molecule has 10 heteroatoms. The largest absolute Gasteiger partial charge is 0.369 e. The predicted octanol–water partition coefficient (Wildman–Crippen LogP) is 2.96. The second kappa shape index (κ2) is 8.23. The van der Waals surface area contributed by atoms with E-state index in [1.165, 1.54) is 24.3 Å². The third-order valence-electron chi connectivity index (χ3n) is 4.80. The zero-order chi connectivity index (χ0) is 21.0. The summed E-state index contributed by atoms with van der Waals surface area (Å²) in [6.45, 7) is 2.35. The third kappa shape index (κ3) is 4.06. The van der Waals surface area contributed by atoms with Crippen molar-refractivity contribution in [1.29, 1.82) is 10.5 Å². The summed E-state index contributed by atoms with van der Waals surface area (Å²) in [6.07, 6.45) is 0.726. The second-order valence-corrected chi connectivity index (χ2v) is 6.47. The summed E-state index contributed by atoms with van der Waals surface area (Å²) in [7, 11) is 0. The van der Waals surface area contributed by atoms with E-state index in [0.717, 1.165) is 6.42 Å². The van der Waals surface area contributed by atoms with Gasteiger partial charge >= 0.3 is 0 Å². The van der Waals surface area contributed by atoms with Crippen molar-refractivity contribution in [1.82, 2.24) is 0 Å². The number of nitriles is 2. The molecule has 0 saturated carbocycles. The number of hydrogen-bond acceptors (Lipinski definition) is 8. The van der Waals surface area contributed by atoms with Gasteiger partial charge in [-0.2, -0.15) is 10.5 Å². The van der Waals surface area contributed by atoms with Crippen molar-refractivity contribution in [3.63, 3.8) is 0 Å². The van der Waals surface area contributed by atoms with Crippen LogP contribution in [0.1, 0.15) is 17.5 Å². The molecular formula is C19H16N6O4. The van der Waals surface area contributed by atoms with Crippen LogP contribution in [0.4, 0.5) is 22.7 Å². The summed E-state index contributed by atoms with van der Waals surface area (Å²) in [6, 6.07) is 12.5. The fourth-order valence-electron chi connectivity index (χ4n) is 3.41. The zero-order valence-electron chi connectivity index (χ0n) is 15.3. The van der Waals surface area contributed by atoms with Crippen LogP contribution in [0.25, 0.3) is 0 Å². The number of nitro groups is 2. The van der Waals surface area contributed by atoms with Crippen LogP contribution in [-0.2, 0) is 0 Å². The fourth-order valence-corrected chi connectivity index (χ4v) is 3.41. The van der Waals surface area contributed by atoms with Gasteiger partial charge in [0.1, 0.15) is 12.1 Å². The van der Waals surface area contributed by atoms with E-state index in [-0.39, 0.29) is 22.5 Å². The molecule has 0 amide bonds. The first kappa shape index (κ1) is 19.6. The van der Waals surface area contributed by atoms with E-state index in [9.17, 15) is 30.8 Å². The maximum Gasteiger partial charge on any atom is 0.270 e. The number of anilines is 2. The molecule has 0 atom stereocenters. The maximum absolute atomic E-state index is 10.9. The highest BCUT2D eigenvalue weighted by atomic mass is 16.6. The highest BCUT2D eigenvalue weighted by Gasteiger charge is 2.22. The van der Waals surface area contributed by atoms with E-state index in [4.69, 9.17) is 0 Å². The number of nitrogens with zero attached hydrogens (tertiary/aromatic N) is 6. The van der Waals surface area contributed by atoms with Gasteiger partial charge in [-0.05, 0) is 18.6 Å². The van der Waals surface area contributed by atoms with E-state index < -0.39 is 9.85 Å². The minimum atomic E-state index is -0.535. The van der Waals surface area contributed by atoms with Gasteiger partial charge in [-0.3, -0.25) is 20.2 Å². The summed E-state index contributed by atoms with van der Waals surface area (Å²) < 4.78 is 0. The van der Waals surface area contributed by atoms with Crippen LogP contribution < -0.4 is 9.80 Å². The van der Waals surface area contributed by atoms with Crippen molar-refractivity contribution in [2.24, 2.45) is 0 Å². The molecule has 1 aliphatic rings. The Morgan fingerprint density at radius 1 is 0.759 bits per heavy atom. The van der Waals surface area contributed by atoms with Gasteiger partial charge in [0.05, 0.1) is 32.3 Å². The summed E-state index contributed by atoms with van der Waals surface area (Å²) in [4.78, 5) is 24.8. The van der Waals surface area contributed by atoms with Crippen LogP contribution in [0.2, 0.25) is 0 Å². The Hall–Kier alpha value is -4.18. The molecule has 0 unspecified atom stereocenters. The second-order valence-electron chi connectivity index (χ2n) is 6.47. The summed E-state index contributed by atoms with van der Waals surface area (Å²) in [5.74, 6) is 0. The Morgan fingerprint density at radius 2 is 1.17 bits per heavy atom. The van der Waals surface area contributed by atoms with Gasteiger partial charge in [0, 0.05) is 50.4 Å². The lowest BCUT2D eigenvalue weighted by Gasteiger charge is -2.25. The molecule has 3 rings (SSSR count). The smallest absolute Gasteiger partial charge is 0.270 e. The Kier molecular flexibility index (Phi) is 5.56.